The molecule has 1 aromatic heterocycles. The summed E-state index contributed by atoms with van der Waals surface area (Å²) in [5, 5.41) is 3.47. The van der Waals surface area contributed by atoms with Crippen LogP contribution in [-0.2, 0) is 4.79 Å². The van der Waals surface area contributed by atoms with Crippen molar-refractivity contribution in [2.75, 3.05) is 11.4 Å². The zero-order valence-corrected chi connectivity index (χ0v) is 15.7. The van der Waals surface area contributed by atoms with Gasteiger partial charge in [0, 0.05) is 24.0 Å². The van der Waals surface area contributed by atoms with Gasteiger partial charge in [-0.1, -0.05) is 24.3 Å². The lowest BCUT2D eigenvalue weighted by molar-refractivity contribution is -0.117. The summed E-state index contributed by atoms with van der Waals surface area (Å²) in [5.74, 6) is -0.585. The largest absolute Gasteiger partial charge is 0.422 e. The van der Waals surface area contributed by atoms with E-state index in [1.165, 1.54) is 6.07 Å². The van der Waals surface area contributed by atoms with E-state index in [-0.39, 0.29) is 23.9 Å². The Morgan fingerprint density at radius 2 is 1.86 bits per heavy atom. The molecule has 4 rings (SSSR count). The smallest absolute Gasteiger partial charge is 0.349 e. The first kappa shape index (κ1) is 18.0. The topological polar surface area (TPSA) is 79.6 Å². The number of para-hydroxylation sites is 1. The average Bonchev–Trinajstić information content (AvgIpc) is 3.03. The minimum absolute atomic E-state index is 0.0564. The predicted molar refractivity (Wildman–Crippen MR) is 107 cm³/mol. The minimum Gasteiger partial charge on any atom is -0.422 e. The molecule has 0 unspecified atom stereocenters. The van der Waals surface area contributed by atoms with Crippen molar-refractivity contribution in [3.8, 4) is 0 Å². The summed E-state index contributed by atoms with van der Waals surface area (Å²) in [6, 6.07) is 14.0. The van der Waals surface area contributed by atoms with E-state index in [0.717, 1.165) is 16.8 Å². The molecule has 1 fully saturated rings. The van der Waals surface area contributed by atoms with Crippen LogP contribution < -0.4 is 15.8 Å². The molecule has 3 aromatic rings. The lowest BCUT2D eigenvalue weighted by Crippen LogP contribution is -2.39. The number of amides is 2. The maximum absolute atomic E-state index is 12.6. The number of aryl methyl sites for hydroxylation is 2. The fourth-order valence-corrected chi connectivity index (χ4v) is 3.43. The molecule has 0 saturated carbocycles. The van der Waals surface area contributed by atoms with Crippen molar-refractivity contribution in [1.82, 2.24) is 5.32 Å². The molecule has 2 aromatic carbocycles. The monoisotopic (exact) mass is 376 g/mol. The number of benzene rings is 2. The van der Waals surface area contributed by atoms with Crippen molar-refractivity contribution in [1.29, 1.82) is 0 Å². The summed E-state index contributed by atoms with van der Waals surface area (Å²) >= 11 is 0. The van der Waals surface area contributed by atoms with Crippen LogP contribution in [0.5, 0.6) is 0 Å². The number of carbonyl (C=O) groups excluding carboxylic acids is 2. The molecule has 0 aliphatic carbocycles. The van der Waals surface area contributed by atoms with E-state index >= 15 is 0 Å². The van der Waals surface area contributed by atoms with Gasteiger partial charge in [0.15, 0.2) is 0 Å². The molecular formula is C22H20N2O4. The Labute approximate surface area is 161 Å². The van der Waals surface area contributed by atoms with Crippen molar-refractivity contribution in [2.45, 2.75) is 26.3 Å². The van der Waals surface area contributed by atoms with E-state index < -0.39 is 11.5 Å². The Balaban J connectivity index is 1.53. The number of anilines is 1. The lowest BCUT2D eigenvalue weighted by Gasteiger charge is -2.18. The molecule has 28 heavy (non-hydrogen) atoms. The van der Waals surface area contributed by atoms with Crippen molar-refractivity contribution >= 4 is 28.5 Å². The number of nitrogens with one attached hydrogen (secondary N) is 1. The molecule has 1 aliphatic rings. The second-order valence-electron chi connectivity index (χ2n) is 7.13. The molecule has 6 nitrogen and oxygen atoms in total. The second-order valence-corrected chi connectivity index (χ2v) is 7.13. The Kier molecular flexibility index (Phi) is 4.47. The van der Waals surface area contributed by atoms with Crippen LogP contribution in [0.25, 0.3) is 11.0 Å². The first-order chi connectivity index (χ1) is 13.4. The first-order valence-corrected chi connectivity index (χ1v) is 9.14. The summed E-state index contributed by atoms with van der Waals surface area (Å²) in [6.45, 7) is 4.38. The highest BCUT2D eigenvalue weighted by molar-refractivity contribution is 6.00. The molecular weight excluding hydrogens is 356 g/mol. The zero-order valence-electron chi connectivity index (χ0n) is 15.7. The summed E-state index contributed by atoms with van der Waals surface area (Å²) in [5.41, 5.74) is 2.76. The maximum atomic E-state index is 12.6. The Morgan fingerprint density at radius 1 is 1.07 bits per heavy atom. The lowest BCUT2D eigenvalue weighted by atomic mass is 10.1. The predicted octanol–water partition coefficient (Wildman–Crippen LogP) is 2.95. The SMILES string of the molecule is Cc1ccc(N2C[C@@H](NC(=O)c3cc4ccccc4oc3=O)CC2=O)cc1C. The van der Waals surface area contributed by atoms with Crippen molar-refractivity contribution < 1.29 is 14.0 Å². The minimum atomic E-state index is -0.688. The quantitative estimate of drug-likeness (QED) is 0.713. The highest BCUT2D eigenvalue weighted by Crippen LogP contribution is 2.24. The summed E-state index contributed by atoms with van der Waals surface area (Å²) < 4.78 is 5.22. The van der Waals surface area contributed by atoms with Gasteiger partial charge in [-0.3, -0.25) is 9.59 Å². The van der Waals surface area contributed by atoms with Crippen molar-refractivity contribution in [2.24, 2.45) is 0 Å². The third-order valence-electron chi connectivity index (χ3n) is 5.15. The highest BCUT2D eigenvalue weighted by atomic mass is 16.4. The molecule has 1 aliphatic heterocycles. The summed E-state index contributed by atoms with van der Waals surface area (Å²) in [6.07, 6.45) is 0.192. The van der Waals surface area contributed by atoms with Crippen LogP contribution in [0.4, 0.5) is 5.69 Å². The number of nitrogens with zero attached hydrogens (tertiary/aromatic N) is 1. The molecule has 1 N–H and O–H groups in total. The van der Waals surface area contributed by atoms with Crippen LogP contribution in [0.15, 0.2) is 57.7 Å². The molecule has 6 heteroatoms. The summed E-state index contributed by atoms with van der Waals surface area (Å²) in [4.78, 5) is 38.9. The Morgan fingerprint density at radius 3 is 2.64 bits per heavy atom. The van der Waals surface area contributed by atoms with Crippen LogP contribution in [-0.4, -0.2) is 24.4 Å². The van der Waals surface area contributed by atoms with Gasteiger partial charge >= 0.3 is 5.63 Å². The van der Waals surface area contributed by atoms with Crippen LogP contribution in [0.1, 0.15) is 27.9 Å². The Hall–Kier alpha value is -3.41. The molecule has 1 atom stereocenters. The van der Waals surface area contributed by atoms with Crippen LogP contribution in [0.3, 0.4) is 0 Å². The van der Waals surface area contributed by atoms with Gasteiger partial charge in [-0.05, 0) is 49.2 Å². The van der Waals surface area contributed by atoms with Gasteiger partial charge in [-0.15, -0.1) is 0 Å². The van der Waals surface area contributed by atoms with Gasteiger partial charge in [0.1, 0.15) is 11.1 Å². The van der Waals surface area contributed by atoms with E-state index in [2.05, 4.69) is 5.32 Å². The molecule has 0 bridgehead atoms. The number of hydrogen-bond acceptors (Lipinski definition) is 4. The zero-order chi connectivity index (χ0) is 19.8. The molecule has 1 saturated heterocycles. The molecule has 0 radical (unpaired) electrons. The van der Waals surface area contributed by atoms with Crippen molar-refractivity contribution in [3.63, 3.8) is 0 Å². The van der Waals surface area contributed by atoms with Gasteiger partial charge in [0.05, 0.1) is 6.04 Å². The fraction of sp³-hybridized carbons (Fsp3) is 0.227. The normalized spacial score (nSPS) is 16.6. The second kappa shape index (κ2) is 6.96. The van der Waals surface area contributed by atoms with E-state index in [9.17, 15) is 14.4 Å². The van der Waals surface area contributed by atoms with E-state index in [0.29, 0.717) is 17.5 Å². The Bertz CT molecular complexity index is 1150. The van der Waals surface area contributed by atoms with Gasteiger partial charge in [-0.25, -0.2) is 4.79 Å². The van der Waals surface area contributed by atoms with Gasteiger partial charge in [-0.2, -0.15) is 0 Å². The summed E-state index contributed by atoms with van der Waals surface area (Å²) in [7, 11) is 0. The van der Waals surface area contributed by atoms with Gasteiger partial charge in [0.25, 0.3) is 5.91 Å². The maximum Gasteiger partial charge on any atom is 0.349 e. The molecule has 0 spiro atoms. The average molecular weight is 376 g/mol. The molecule has 2 amide bonds. The van der Waals surface area contributed by atoms with E-state index in [1.807, 2.05) is 32.0 Å². The van der Waals surface area contributed by atoms with Gasteiger partial charge < -0.3 is 14.6 Å². The third-order valence-corrected chi connectivity index (χ3v) is 5.15. The number of rotatable bonds is 3. The third kappa shape index (κ3) is 3.29. The van der Waals surface area contributed by atoms with Crippen molar-refractivity contribution in [3.05, 3.63) is 75.6 Å². The van der Waals surface area contributed by atoms with Crippen LogP contribution in [0, 0.1) is 13.8 Å². The molecule has 142 valence electrons. The number of hydrogen-bond donors (Lipinski definition) is 1. The fourth-order valence-electron chi connectivity index (χ4n) is 3.43. The molecule has 2 heterocycles. The van der Waals surface area contributed by atoms with Gasteiger partial charge in [0.2, 0.25) is 5.91 Å². The highest BCUT2D eigenvalue weighted by Gasteiger charge is 2.32. The van der Waals surface area contributed by atoms with Crippen LogP contribution in [0.2, 0.25) is 0 Å². The standard InChI is InChI=1S/C22H20N2O4/c1-13-7-8-17(9-14(13)2)24-12-16(11-20(24)25)23-21(26)18-10-15-5-3-4-6-19(15)28-22(18)27/h3-10,16H,11-12H2,1-2H3,(H,23,26)/t16-/m0/s1. The van der Waals surface area contributed by atoms with E-state index in [4.69, 9.17) is 4.42 Å². The van der Waals surface area contributed by atoms with Crippen LogP contribution >= 0.6 is 0 Å². The number of fused-ring (bicyclic) bond motifs is 1. The number of carbonyl (C=O) groups is 2. The van der Waals surface area contributed by atoms with E-state index in [1.54, 1.807) is 29.2 Å². The first-order valence-electron chi connectivity index (χ1n) is 9.14.